The number of hydrogen-bond acceptors (Lipinski definition) is 5. The molecule has 8 nitrogen and oxygen atoms in total. The summed E-state index contributed by atoms with van der Waals surface area (Å²) in [6.45, 7) is 3.88. The number of hydrogen-bond donors (Lipinski definition) is 0. The van der Waals surface area contributed by atoms with Crippen molar-refractivity contribution in [2.45, 2.75) is 44.6 Å². The standard InChI is InChI=1S/C18H23N7O/c1-12-11-16(25-15(20-12)5-8-19-25)23-9-6-13(7-10-23)17-21-22(2)18(26)24(17)14-3-4-14/h5,8,11,13-14H,3-4,6-7,9-10H2,1-2H3. The Bertz CT molecular complexity index is 1020. The van der Waals surface area contributed by atoms with Crippen LogP contribution < -0.4 is 10.6 Å². The van der Waals surface area contributed by atoms with Crippen molar-refractivity contribution in [2.24, 2.45) is 7.05 Å². The first-order valence-electron chi connectivity index (χ1n) is 9.33. The molecule has 1 saturated heterocycles. The van der Waals surface area contributed by atoms with Crippen LogP contribution in [-0.2, 0) is 7.05 Å². The molecule has 26 heavy (non-hydrogen) atoms. The van der Waals surface area contributed by atoms with Gasteiger partial charge in [-0.2, -0.15) is 14.7 Å². The summed E-state index contributed by atoms with van der Waals surface area (Å²) >= 11 is 0. The van der Waals surface area contributed by atoms with Crippen LogP contribution in [0.15, 0.2) is 23.1 Å². The summed E-state index contributed by atoms with van der Waals surface area (Å²) in [6.07, 6.45) is 5.98. The Morgan fingerprint density at radius 3 is 2.65 bits per heavy atom. The summed E-state index contributed by atoms with van der Waals surface area (Å²) in [6, 6.07) is 4.41. The van der Waals surface area contributed by atoms with E-state index in [1.165, 1.54) is 4.68 Å². The van der Waals surface area contributed by atoms with Crippen molar-refractivity contribution in [1.82, 2.24) is 28.9 Å². The molecule has 0 N–H and O–H groups in total. The van der Waals surface area contributed by atoms with E-state index >= 15 is 0 Å². The predicted molar refractivity (Wildman–Crippen MR) is 97.7 cm³/mol. The smallest absolute Gasteiger partial charge is 0.345 e. The lowest BCUT2D eigenvalue weighted by Gasteiger charge is -2.33. The molecule has 4 heterocycles. The topological polar surface area (TPSA) is 73.2 Å². The number of rotatable bonds is 3. The average Bonchev–Trinajstić information content (AvgIpc) is 3.28. The lowest BCUT2D eigenvalue weighted by Crippen LogP contribution is -2.35. The van der Waals surface area contributed by atoms with Crippen molar-refractivity contribution in [1.29, 1.82) is 0 Å². The molecule has 2 aliphatic rings. The Labute approximate surface area is 151 Å². The number of aryl methyl sites for hydroxylation is 2. The second kappa shape index (κ2) is 5.69. The van der Waals surface area contributed by atoms with Gasteiger partial charge in [-0.3, -0.25) is 4.57 Å². The van der Waals surface area contributed by atoms with Crippen LogP contribution >= 0.6 is 0 Å². The van der Waals surface area contributed by atoms with Crippen molar-refractivity contribution < 1.29 is 0 Å². The van der Waals surface area contributed by atoms with E-state index in [2.05, 4.69) is 26.1 Å². The van der Waals surface area contributed by atoms with E-state index in [0.717, 1.165) is 61.8 Å². The van der Waals surface area contributed by atoms with E-state index in [1.54, 1.807) is 13.2 Å². The summed E-state index contributed by atoms with van der Waals surface area (Å²) in [5.74, 6) is 2.42. The van der Waals surface area contributed by atoms with E-state index < -0.39 is 0 Å². The third-order valence-electron chi connectivity index (χ3n) is 5.55. The Kier molecular flexibility index (Phi) is 3.41. The third-order valence-corrected chi connectivity index (χ3v) is 5.55. The summed E-state index contributed by atoms with van der Waals surface area (Å²) in [4.78, 5) is 19.3. The van der Waals surface area contributed by atoms with Gasteiger partial charge in [0.25, 0.3) is 0 Å². The second-order valence-electron chi connectivity index (χ2n) is 7.48. The molecule has 0 spiro atoms. The highest BCUT2D eigenvalue weighted by atomic mass is 16.2. The normalized spacial score (nSPS) is 18.8. The first kappa shape index (κ1) is 15.6. The lowest BCUT2D eigenvalue weighted by atomic mass is 9.96. The van der Waals surface area contributed by atoms with E-state index in [0.29, 0.717) is 12.0 Å². The number of anilines is 1. The molecule has 1 aliphatic carbocycles. The van der Waals surface area contributed by atoms with Gasteiger partial charge in [0.1, 0.15) is 11.6 Å². The van der Waals surface area contributed by atoms with Crippen molar-refractivity contribution in [2.75, 3.05) is 18.0 Å². The molecule has 5 rings (SSSR count). The SMILES string of the molecule is Cc1cc(N2CCC(c3nn(C)c(=O)n3C3CC3)CC2)n2nccc2n1. The summed E-state index contributed by atoms with van der Waals surface area (Å²) in [5.41, 5.74) is 1.92. The van der Waals surface area contributed by atoms with Crippen LogP contribution in [0.4, 0.5) is 5.82 Å². The maximum Gasteiger partial charge on any atom is 0.345 e. The van der Waals surface area contributed by atoms with Crippen molar-refractivity contribution in [3.63, 3.8) is 0 Å². The number of piperidine rings is 1. The molecule has 0 bridgehead atoms. The minimum absolute atomic E-state index is 0.0351. The zero-order chi connectivity index (χ0) is 17.8. The Hall–Kier alpha value is -2.64. The first-order valence-corrected chi connectivity index (χ1v) is 9.33. The minimum atomic E-state index is 0.0351. The third kappa shape index (κ3) is 2.43. The molecular formula is C18H23N7O. The van der Waals surface area contributed by atoms with Crippen LogP contribution in [0.2, 0.25) is 0 Å². The van der Waals surface area contributed by atoms with E-state index in [9.17, 15) is 4.79 Å². The number of fused-ring (bicyclic) bond motifs is 1. The van der Waals surface area contributed by atoms with E-state index in [4.69, 9.17) is 0 Å². The zero-order valence-electron chi connectivity index (χ0n) is 15.2. The Morgan fingerprint density at radius 2 is 1.92 bits per heavy atom. The fourth-order valence-electron chi connectivity index (χ4n) is 4.06. The molecule has 8 heteroatoms. The van der Waals surface area contributed by atoms with Crippen molar-refractivity contribution in [3.05, 3.63) is 40.3 Å². The van der Waals surface area contributed by atoms with Crippen LogP contribution in [0.1, 0.15) is 49.2 Å². The summed E-state index contributed by atoms with van der Waals surface area (Å²) < 4.78 is 5.36. The van der Waals surface area contributed by atoms with Crippen LogP contribution in [0.3, 0.4) is 0 Å². The maximum absolute atomic E-state index is 12.4. The molecule has 3 aromatic rings. The number of nitrogens with zero attached hydrogens (tertiary/aromatic N) is 7. The zero-order valence-corrected chi connectivity index (χ0v) is 15.2. The number of aromatic nitrogens is 6. The average molecular weight is 353 g/mol. The van der Waals surface area contributed by atoms with Gasteiger partial charge in [-0.15, -0.1) is 0 Å². The lowest BCUT2D eigenvalue weighted by molar-refractivity contribution is 0.459. The van der Waals surface area contributed by atoms with Gasteiger partial charge in [-0.25, -0.2) is 14.5 Å². The molecule has 0 aromatic carbocycles. The molecule has 1 saturated carbocycles. The highest BCUT2D eigenvalue weighted by molar-refractivity contribution is 5.51. The van der Waals surface area contributed by atoms with E-state index in [1.807, 2.05) is 22.1 Å². The van der Waals surface area contributed by atoms with E-state index in [-0.39, 0.29) is 5.69 Å². The fourth-order valence-corrected chi connectivity index (χ4v) is 4.06. The van der Waals surface area contributed by atoms with Crippen molar-refractivity contribution >= 4 is 11.5 Å². The van der Waals surface area contributed by atoms with Gasteiger partial charge in [0.15, 0.2) is 5.65 Å². The molecule has 0 atom stereocenters. The monoisotopic (exact) mass is 353 g/mol. The van der Waals surface area contributed by atoms with Gasteiger partial charge in [-0.05, 0) is 32.6 Å². The van der Waals surface area contributed by atoms with Gasteiger partial charge < -0.3 is 4.90 Å². The van der Waals surface area contributed by atoms with Crippen molar-refractivity contribution in [3.8, 4) is 0 Å². The van der Waals surface area contributed by atoms with Crippen LogP contribution in [0, 0.1) is 6.92 Å². The van der Waals surface area contributed by atoms with Gasteiger partial charge in [0.05, 0.1) is 6.20 Å². The van der Waals surface area contributed by atoms with Gasteiger partial charge in [0.2, 0.25) is 0 Å². The van der Waals surface area contributed by atoms with Gasteiger partial charge in [0, 0.05) is 49.9 Å². The van der Waals surface area contributed by atoms with Crippen LogP contribution in [0.5, 0.6) is 0 Å². The van der Waals surface area contributed by atoms with Gasteiger partial charge in [-0.1, -0.05) is 0 Å². The summed E-state index contributed by atoms with van der Waals surface area (Å²) in [7, 11) is 1.76. The molecule has 2 fully saturated rings. The molecule has 136 valence electrons. The highest BCUT2D eigenvalue weighted by Crippen LogP contribution is 2.37. The molecule has 0 unspecified atom stereocenters. The minimum Gasteiger partial charge on any atom is -0.356 e. The maximum atomic E-state index is 12.4. The van der Waals surface area contributed by atoms with Gasteiger partial charge >= 0.3 is 5.69 Å². The highest BCUT2D eigenvalue weighted by Gasteiger charge is 2.33. The van der Waals surface area contributed by atoms with Crippen LogP contribution in [-0.4, -0.2) is 42.0 Å². The second-order valence-corrected chi connectivity index (χ2v) is 7.48. The van der Waals surface area contributed by atoms with Crippen LogP contribution in [0.25, 0.3) is 5.65 Å². The predicted octanol–water partition coefficient (Wildman–Crippen LogP) is 1.65. The first-order chi connectivity index (χ1) is 12.6. The largest absolute Gasteiger partial charge is 0.356 e. The fraction of sp³-hybridized carbons (Fsp3) is 0.556. The quantitative estimate of drug-likeness (QED) is 0.716. The Balaban J connectivity index is 1.41. The molecule has 1 aliphatic heterocycles. The Morgan fingerprint density at radius 1 is 1.15 bits per heavy atom. The molecular weight excluding hydrogens is 330 g/mol. The molecule has 0 radical (unpaired) electrons. The molecule has 3 aromatic heterocycles. The summed E-state index contributed by atoms with van der Waals surface area (Å²) in [5, 5.41) is 8.99. The molecule has 0 amide bonds.